The average Bonchev–Trinajstić information content (AvgIpc) is 2.38. The number of hydrogen-bond donors (Lipinski definition) is 1. The zero-order chi connectivity index (χ0) is 13.1. The minimum atomic E-state index is 0.129. The Morgan fingerprint density at radius 3 is 2.44 bits per heavy atom. The van der Waals surface area contributed by atoms with Crippen LogP contribution < -0.4 is 4.90 Å². The highest BCUT2D eigenvalue weighted by atomic mass is 16.3. The maximum atomic E-state index is 9.14. The summed E-state index contributed by atoms with van der Waals surface area (Å²) in [4.78, 5) is 4.80. The Hall–Kier alpha value is -1.06. The van der Waals surface area contributed by atoms with Gasteiger partial charge in [0.1, 0.15) is 0 Å². The predicted octanol–water partition coefficient (Wildman–Crippen LogP) is 2.02. The van der Waals surface area contributed by atoms with E-state index in [1.165, 1.54) is 24.1 Å². The Kier molecular flexibility index (Phi) is 4.25. The predicted molar refractivity (Wildman–Crippen MR) is 76.0 cm³/mol. The molecule has 0 aromatic heterocycles. The van der Waals surface area contributed by atoms with E-state index in [1.54, 1.807) is 0 Å². The molecule has 18 heavy (non-hydrogen) atoms. The number of rotatable bonds is 3. The summed E-state index contributed by atoms with van der Waals surface area (Å²) in [5.41, 5.74) is 3.59. The molecule has 2 rings (SSSR count). The standard InChI is InChI=1S/C15H24N2O/c1-12-10-13(11-18)4-5-15(12)17-8-6-14(7-9-17)16(2)3/h4-5,10,14,18H,6-9,11H2,1-3H3. The molecule has 0 radical (unpaired) electrons. The Labute approximate surface area is 110 Å². The van der Waals surface area contributed by atoms with Gasteiger partial charge in [0.15, 0.2) is 0 Å². The smallest absolute Gasteiger partial charge is 0.0681 e. The molecule has 1 heterocycles. The van der Waals surface area contributed by atoms with Gasteiger partial charge in [0.2, 0.25) is 0 Å². The van der Waals surface area contributed by atoms with Crippen LogP contribution in [0.4, 0.5) is 5.69 Å². The van der Waals surface area contributed by atoms with E-state index in [1.807, 2.05) is 6.07 Å². The highest BCUT2D eigenvalue weighted by Gasteiger charge is 2.21. The number of aryl methyl sites for hydroxylation is 1. The van der Waals surface area contributed by atoms with Crippen molar-refractivity contribution in [1.29, 1.82) is 0 Å². The van der Waals surface area contributed by atoms with Crippen LogP contribution in [0.15, 0.2) is 18.2 Å². The molecule has 0 saturated carbocycles. The molecule has 1 aromatic carbocycles. The highest BCUT2D eigenvalue weighted by Crippen LogP contribution is 2.25. The maximum absolute atomic E-state index is 9.14. The van der Waals surface area contributed by atoms with E-state index in [4.69, 9.17) is 5.11 Å². The van der Waals surface area contributed by atoms with Crippen molar-refractivity contribution in [3.63, 3.8) is 0 Å². The van der Waals surface area contributed by atoms with Crippen molar-refractivity contribution < 1.29 is 5.11 Å². The first-order chi connectivity index (χ1) is 8.61. The normalized spacial score (nSPS) is 17.5. The van der Waals surface area contributed by atoms with E-state index in [9.17, 15) is 0 Å². The molecule has 0 amide bonds. The van der Waals surface area contributed by atoms with Crippen LogP contribution in [0.3, 0.4) is 0 Å². The van der Waals surface area contributed by atoms with Gasteiger partial charge < -0.3 is 14.9 Å². The molecule has 0 spiro atoms. The number of aliphatic hydroxyl groups excluding tert-OH is 1. The van der Waals surface area contributed by atoms with Gasteiger partial charge in [-0.1, -0.05) is 12.1 Å². The molecule has 100 valence electrons. The molecular weight excluding hydrogens is 224 g/mol. The SMILES string of the molecule is Cc1cc(CO)ccc1N1CCC(N(C)C)CC1. The molecule has 3 heteroatoms. The Morgan fingerprint density at radius 1 is 1.28 bits per heavy atom. The summed E-state index contributed by atoms with van der Waals surface area (Å²) in [6, 6.07) is 6.99. The second kappa shape index (κ2) is 5.72. The Morgan fingerprint density at radius 2 is 1.94 bits per heavy atom. The lowest BCUT2D eigenvalue weighted by atomic mass is 10.0. The second-order valence-corrected chi connectivity index (χ2v) is 5.46. The second-order valence-electron chi connectivity index (χ2n) is 5.46. The van der Waals surface area contributed by atoms with E-state index in [0.717, 1.165) is 24.7 Å². The third-order valence-electron chi connectivity index (χ3n) is 3.98. The van der Waals surface area contributed by atoms with E-state index < -0.39 is 0 Å². The van der Waals surface area contributed by atoms with Gasteiger partial charge in [-0.15, -0.1) is 0 Å². The first-order valence-corrected chi connectivity index (χ1v) is 6.73. The largest absolute Gasteiger partial charge is 0.392 e. The number of hydrogen-bond acceptors (Lipinski definition) is 3. The summed E-state index contributed by atoms with van der Waals surface area (Å²) in [7, 11) is 4.34. The van der Waals surface area contributed by atoms with Crippen LogP contribution in [0.5, 0.6) is 0 Å². The molecule has 1 aromatic rings. The molecule has 1 fully saturated rings. The van der Waals surface area contributed by atoms with Crippen molar-refractivity contribution in [3.8, 4) is 0 Å². The summed E-state index contributed by atoms with van der Waals surface area (Å²) in [6.45, 7) is 4.51. The summed E-state index contributed by atoms with van der Waals surface area (Å²) in [5, 5.41) is 9.14. The number of aliphatic hydroxyl groups is 1. The van der Waals surface area contributed by atoms with Crippen LogP contribution in [0.25, 0.3) is 0 Å². The molecule has 0 unspecified atom stereocenters. The van der Waals surface area contributed by atoms with Crippen molar-refractivity contribution in [1.82, 2.24) is 4.90 Å². The lowest BCUT2D eigenvalue weighted by Crippen LogP contribution is -2.42. The number of nitrogens with zero attached hydrogens (tertiary/aromatic N) is 2. The fraction of sp³-hybridized carbons (Fsp3) is 0.600. The summed E-state index contributed by atoms with van der Waals surface area (Å²) in [6.07, 6.45) is 2.46. The molecular formula is C15H24N2O. The van der Waals surface area contributed by atoms with E-state index >= 15 is 0 Å². The number of benzene rings is 1. The zero-order valence-corrected chi connectivity index (χ0v) is 11.7. The van der Waals surface area contributed by atoms with E-state index in [2.05, 4.69) is 43.0 Å². The third kappa shape index (κ3) is 2.85. The third-order valence-corrected chi connectivity index (χ3v) is 3.98. The summed E-state index contributed by atoms with van der Waals surface area (Å²) >= 11 is 0. The van der Waals surface area contributed by atoms with Crippen LogP contribution in [0, 0.1) is 6.92 Å². The van der Waals surface area contributed by atoms with Crippen LogP contribution in [-0.4, -0.2) is 43.2 Å². The number of piperidine rings is 1. The minimum absolute atomic E-state index is 0.129. The van der Waals surface area contributed by atoms with Gasteiger partial charge in [0, 0.05) is 24.8 Å². The van der Waals surface area contributed by atoms with Crippen molar-refractivity contribution in [2.24, 2.45) is 0 Å². The minimum Gasteiger partial charge on any atom is -0.392 e. The quantitative estimate of drug-likeness (QED) is 0.886. The summed E-state index contributed by atoms with van der Waals surface area (Å²) in [5.74, 6) is 0. The van der Waals surface area contributed by atoms with Crippen LogP contribution in [0.2, 0.25) is 0 Å². The molecule has 1 aliphatic rings. The number of anilines is 1. The average molecular weight is 248 g/mol. The Bertz CT molecular complexity index is 395. The van der Waals surface area contributed by atoms with Crippen LogP contribution in [-0.2, 0) is 6.61 Å². The van der Waals surface area contributed by atoms with E-state index in [0.29, 0.717) is 0 Å². The maximum Gasteiger partial charge on any atom is 0.0681 e. The molecule has 3 nitrogen and oxygen atoms in total. The van der Waals surface area contributed by atoms with Gasteiger partial charge in [-0.3, -0.25) is 0 Å². The van der Waals surface area contributed by atoms with Crippen LogP contribution >= 0.6 is 0 Å². The molecule has 1 saturated heterocycles. The highest BCUT2D eigenvalue weighted by molar-refractivity contribution is 5.54. The monoisotopic (exact) mass is 248 g/mol. The molecule has 1 aliphatic heterocycles. The van der Waals surface area contributed by atoms with Crippen molar-refractivity contribution in [2.45, 2.75) is 32.4 Å². The first-order valence-electron chi connectivity index (χ1n) is 6.73. The molecule has 0 bridgehead atoms. The van der Waals surface area contributed by atoms with Crippen molar-refractivity contribution >= 4 is 5.69 Å². The van der Waals surface area contributed by atoms with Gasteiger partial charge in [0.05, 0.1) is 6.61 Å². The summed E-state index contributed by atoms with van der Waals surface area (Å²) < 4.78 is 0. The van der Waals surface area contributed by atoms with Crippen molar-refractivity contribution in [2.75, 3.05) is 32.1 Å². The van der Waals surface area contributed by atoms with Gasteiger partial charge in [-0.25, -0.2) is 0 Å². The lowest BCUT2D eigenvalue weighted by Gasteiger charge is -2.37. The van der Waals surface area contributed by atoms with Crippen molar-refractivity contribution in [3.05, 3.63) is 29.3 Å². The fourth-order valence-corrected chi connectivity index (χ4v) is 2.79. The fourth-order valence-electron chi connectivity index (χ4n) is 2.79. The lowest BCUT2D eigenvalue weighted by molar-refractivity contribution is 0.249. The molecule has 1 N–H and O–H groups in total. The van der Waals surface area contributed by atoms with Gasteiger partial charge in [-0.2, -0.15) is 0 Å². The molecule has 0 aliphatic carbocycles. The topological polar surface area (TPSA) is 26.7 Å². The van der Waals surface area contributed by atoms with Gasteiger partial charge in [-0.05, 0) is 51.1 Å². The van der Waals surface area contributed by atoms with Gasteiger partial charge >= 0.3 is 0 Å². The van der Waals surface area contributed by atoms with Crippen LogP contribution in [0.1, 0.15) is 24.0 Å². The molecule has 0 atom stereocenters. The Balaban J connectivity index is 2.05. The van der Waals surface area contributed by atoms with E-state index in [-0.39, 0.29) is 6.61 Å². The zero-order valence-electron chi connectivity index (χ0n) is 11.7. The van der Waals surface area contributed by atoms with Gasteiger partial charge in [0.25, 0.3) is 0 Å². The first kappa shape index (κ1) is 13.4.